The number of pyridine rings is 1. The molecular weight excluding hydrogens is 414 g/mol. The summed E-state index contributed by atoms with van der Waals surface area (Å²) in [5.74, 6) is 0.749. The van der Waals surface area contributed by atoms with Crippen molar-refractivity contribution in [3.05, 3.63) is 58.5 Å². The number of rotatable bonds is 5. The number of nitrogens with zero attached hydrogens (tertiary/aromatic N) is 6. The number of nitrogens with one attached hydrogen (secondary N) is 1. The first-order valence-corrected chi connectivity index (χ1v) is 11.7. The van der Waals surface area contributed by atoms with Gasteiger partial charge in [0.15, 0.2) is 11.5 Å². The van der Waals surface area contributed by atoms with Crippen LogP contribution in [-0.4, -0.2) is 55.6 Å². The SMILES string of the molecule is Cc1cccc2cc(CN(C)c3ncnc4[nH]cnc34)n(C3CCN(C(C)C)CC3)c(=O)c12. The van der Waals surface area contributed by atoms with E-state index in [-0.39, 0.29) is 11.6 Å². The summed E-state index contributed by atoms with van der Waals surface area (Å²) in [5, 5.41) is 1.82. The lowest BCUT2D eigenvalue weighted by Gasteiger charge is -2.36. The maximum Gasteiger partial charge on any atom is 0.259 e. The zero-order chi connectivity index (χ0) is 23.1. The first kappa shape index (κ1) is 21.6. The number of H-pyrrole nitrogens is 1. The van der Waals surface area contributed by atoms with Gasteiger partial charge in [0.2, 0.25) is 0 Å². The second-order valence-corrected chi connectivity index (χ2v) is 9.36. The van der Waals surface area contributed by atoms with Gasteiger partial charge in [-0.25, -0.2) is 15.0 Å². The molecule has 0 unspecified atom stereocenters. The molecule has 4 heterocycles. The highest BCUT2D eigenvalue weighted by Crippen LogP contribution is 2.28. The maximum absolute atomic E-state index is 13.9. The summed E-state index contributed by atoms with van der Waals surface area (Å²) in [7, 11) is 1.99. The Kier molecular flexibility index (Phi) is 5.62. The molecule has 4 aromatic rings. The summed E-state index contributed by atoms with van der Waals surface area (Å²) >= 11 is 0. The minimum Gasteiger partial charge on any atom is -0.352 e. The predicted molar refractivity (Wildman–Crippen MR) is 132 cm³/mol. The molecule has 0 bridgehead atoms. The molecule has 1 N–H and O–H groups in total. The Morgan fingerprint density at radius 2 is 1.97 bits per heavy atom. The molecule has 8 heteroatoms. The molecule has 0 atom stereocenters. The number of aryl methyl sites for hydroxylation is 1. The van der Waals surface area contributed by atoms with Crippen LogP contribution in [0, 0.1) is 6.92 Å². The summed E-state index contributed by atoms with van der Waals surface area (Å²) in [6, 6.07) is 8.98. The molecule has 1 fully saturated rings. The third-order valence-corrected chi connectivity index (χ3v) is 6.92. The van der Waals surface area contributed by atoms with Crippen molar-refractivity contribution >= 4 is 27.8 Å². The number of hydrogen-bond acceptors (Lipinski definition) is 6. The van der Waals surface area contributed by atoms with Crippen molar-refractivity contribution in [3.63, 3.8) is 0 Å². The van der Waals surface area contributed by atoms with Gasteiger partial charge in [0.05, 0.1) is 18.3 Å². The Morgan fingerprint density at radius 1 is 1.18 bits per heavy atom. The Balaban J connectivity index is 1.58. The van der Waals surface area contributed by atoms with Gasteiger partial charge in [-0.3, -0.25) is 4.79 Å². The standard InChI is InChI=1S/C25H31N7O/c1-16(2)31-10-8-19(9-11-31)32-20(12-18-7-5-6-17(3)21(18)25(32)33)13-30(4)24-22-23(27-14-26-22)28-15-29-24/h5-7,12,14-16,19H,8-11,13H2,1-4H3,(H,26,27,28,29). The van der Waals surface area contributed by atoms with Crippen LogP contribution < -0.4 is 10.5 Å². The van der Waals surface area contributed by atoms with E-state index in [4.69, 9.17) is 0 Å². The lowest BCUT2D eigenvalue weighted by atomic mass is 10.0. The number of piperidine rings is 1. The van der Waals surface area contributed by atoms with Crippen LogP contribution in [0.1, 0.15) is 44.0 Å². The topological polar surface area (TPSA) is 82.9 Å². The van der Waals surface area contributed by atoms with Crippen molar-refractivity contribution in [3.8, 4) is 0 Å². The Bertz CT molecular complexity index is 1350. The highest BCUT2D eigenvalue weighted by atomic mass is 16.1. The molecule has 1 aromatic carbocycles. The molecule has 1 aliphatic heterocycles. The van der Waals surface area contributed by atoms with Gasteiger partial charge in [0, 0.05) is 37.9 Å². The van der Waals surface area contributed by atoms with Crippen LogP contribution >= 0.6 is 0 Å². The number of fused-ring (bicyclic) bond motifs is 2. The van der Waals surface area contributed by atoms with Gasteiger partial charge >= 0.3 is 0 Å². The van der Waals surface area contributed by atoms with Crippen LogP contribution in [0.3, 0.4) is 0 Å². The highest BCUT2D eigenvalue weighted by Gasteiger charge is 2.26. The summed E-state index contributed by atoms with van der Waals surface area (Å²) in [6.45, 7) is 9.08. The minimum absolute atomic E-state index is 0.115. The van der Waals surface area contributed by atoms with Gasteiger partial charge in [-0.1, -0.05) is 18.2 Å². The number of anilines is 1. The fourth-order valence-electron chi connectivity index (χ4n) is 5.13. The summed E-state index contributed by atoms with van der Waals surface area (Å²) < 4.78 is 2.06. The van der Waals surface area contributed by atoms with Crippen LogP contribution in [-0.2, 0) is 6.54 Å². The van der Waals surface area contributed by atoms with Crippen molar-refractivity contribution in [1.82, 2.24) is 29.4 Å². The molecule has 0 radical (unpaired) electrons. The van der Waals surface area contributed by atoms with Gasteiger partial charge in [0.1, 0.15) is 11.8 Å². The highest BCUT2D eigenvalue weighted by molar-refractivity contribution is 5.85. The van der Waals surface area contributed by atoms with Crippen molar-refractivity contribution in [2.24, 2.45) is 0 Å². The van der Waals surface area contributed by atoms with Crippen LogP contribution in [0.25, 0.3) is 21.9 Å². The lowest BCUT2D eigenvalue weighted by molar-refractivity contribution is 0.149. The fourth-order valence-corrected chi connectivity index (χ4v) is 5.13. The average Bonchev–Trinajstić information content (AvgIpc) is 3.28. The predicted octanol–water partition coefficient (Wildman–Crippen LogP) is 3.66. The van der Waals surface area contributed by atoms with Crippen LogP contribution in [0.5, 0.6) is 0 Å². The van der Waals surface area contributed by atoms with Gasteiger partial charge in [-0.15, -0.1) is 0 Å². The molecule has 1 saturated heterocycles. The van der Waals surface area contributed by atoms with Crippen molar-refractivity contribution in [1.29, 1.82) is 0 Å². The number of hydrogen-bond donors (Lipinski definition) is 1. The number of likely N-dealkylation sites (tertiary alicyclic amines) is 1. The third kappa shape index (κ3) is 3.88. The van der Waals surface area contributed by atoms with Crippen LogP contribution in [0.15, 0.2) is 41.7 Å². The Morgan fingerprint density at radius 3 is 2.73 bits per heavy atom. The zero-order valence-corrected chi connectivity index (χ0v) is 19.7. The Labute approximate surface area is 193 Å². The normalized spacial score (nSPS) is 15.7. The van der Waals surface area contributed by atoms with E-state index in [0.717, 1.165) is 59.3 Å². The van der Waals surface area contributed by atoms with E-state index in [1.54, 1.807) is 12.7 Å². The van der Waals surface area contributed by atoms with Crippen LogP contribution in [0.2, 0.25) is 0 Å². The molecule has 33 heavy (non-hydrogen) atoms. The number of aromatic nitrogens is 5. The van der Waals surface area contributed by atoms with Crippen LogP contribution in [0.4, 0.5) is 5.82 Å². The Hall–Kier alpha value is -3.26. The maximum atomic E-state index is 13.9. The second-order valence-electron chi connectivity index (χ2n) is 9.36. The molecule has 0 aliphatic carbocycles. The molecule has 0 spiro atoms. The first-order valence-electron chi connectivity index (χ1n) is 11.7. The molecule has 1 aliphatic rings. The van der Waals surface area contributed by atoms with E-state index in [1.165, 1.54) is 0 Å². The molecule has 0 amide bonds. The quantitative estimate of drug-likeness (QED) is 0.505. The summed E-state index contributed by atoms with van der Waals surface area (Å²) in [5.41, 5.74) is 3.59. The van der Waals surface area contributed by atoms with Gasteiger partial charge in [-0.05, 0) is 50.6 Å². The van der Waals surface area contributed by atoms with Gasteiger partial charge in [0.25, 0.3) is 5.56 Å². The van der Waals surface area contributed by atoms with Crippen molar-refractivity contribution < 1.29 is 0 Å². The van der Waals surface area contributed by atoms with Crippen molar-refractivity contribution in [2.75, 3.05) is 25.0 Å². The van der Waals surface area contributed by atoms with Crippen molar-refractivity contribution in [2.45, 2.75) is 52.2 Å². The monoisotopic (exact) mass is 445 g/mol. The van der Waals surface area contributed by atoms with E-state index in [1.807, 2.05) is 32.2 Å². The van der Waals surface area contributed by atoms with Gasteiger partial charge in [-0.2, -0.15) is 0 Å². The lowest BCUT2D eigenvalue weighted by Crippen LogP contribution is -2.42. The molecule has 3 aromatic heterocycles. The second kappa shape index (κ2) is 8.59. The number of benzene rings is 1. The minimum atomic E-state index is 0.115. The van der Waals surface area contributed by atoms with E-state index < -0.39 is 0 Å². The molecule has 172 valence electrons. The van der Waals surface area contributed by atoms with E-state index in [9.17, 15) is 4.79 Å². The summed E-state index contributed by atoms with van der Waals surface area (Å²) in [6.07, 6.45) is 5.13. The smallest absolute Gasteiger partial charge is 0.259 e. The molecule has 5 rings (SSSR count). The van der Waals surface area contributed by atoms with Gasteiger partial charge < -0.3 is 19.4 Å². The number of imidazole rings is 1. The molecule has 8 nitrogen and oxygen atoms in total. The average molecular weight is 446 g/mol. The fraction of sp³-hybridized carbons (Fsp3) is 0.440. The van der Waals surface area contributed by atoms with E-state index >= 15 is 0 Å². The van der Waals surface area contributed by atoms with E-state index in [2.05, 4.69) is 54.2 Å². The first-order chi connectivity index (χ1) is 15.9. The summed E-state index contributed by atoms with van der Waals surface area (Å²) in [4.78, 5) is 34.6. The zero-order valence-electron chi connectivity index (χ0n) is 19.7. The molecular formula is C25H31N7O. The molecule has 0 saturated carbocycles. The largest absolute Gasteiger partial charge is 0.352 e. The number of aromatic amines is 1. The third-order valence-electron chi connectivity index (χ3n) is 6.92. The van der Waals surface area contributed by atoms with E-state index in [0.29, 0.717) is 18.2 Å².